The van der Waals surface area contributed by atoms with Crippen LogP contribution in [0.25, 0.3) is 32.9 Å². The minimum absolute atomic E-state index is 0.465. The molecule has 2 heterocycles. The second kappa shape index (κ2) is 6.89. The standard InChI is InChI=1S/C23H23N3O3S/c1-12-21(13(2)29-25-12)15-8-18-17-7-6-16(30(3)28)10-20(17)26(11-14-4-5-14)22(18)19(9-15)23(24)27/h6-10,14H,4-5,11H2,1-3H3,(H2,24,27). The van der Waals surface area contributed by atoms with E-state index in [1.165, 1.54) is 12.8 Å². The maximum atomic E-state index is 12.5. The summed E-state index contributed by atoms with van der Waals surface area (Å²) in [6.07, 6.45) is 4.05. The van der Waals surface area contributed by atoms with Crippen LogP contribution in [0.1, 0.15) is 34.7 Å². The van der Waals surface area contributed by atoms with E-state index < -0.39 is 17.1 Å². The molecule has 0 spiro atoms. The van der Waals surface area contributed by atoms with Crippen molar-refractivity contribution in [2.75, 3.05) is 6.26 Å². The van der Waals surface area contributed by atoms with Crippen molar-refractivity contribution in [2.24, 2.45) is 11.7 Å². The van der Waals surface area contributed by atoms with E-state index in [0.717, 1.165) is 50.1 Å². The minimum Gasteiger partial charge on any atom is -0.612 e. The smallest absolute Gasteiger partial charge is 0.250 e. The Morgan fingerprint density at radius 1 is 1.27 bits per heavy atom. The number of carbonyl (C=O) groups excluding carboxylic acids is 1. The van der Waals surface area contributed by atoms with Gasteiger partial charge in [-0.2, -0.15) is 0 Å². The summed E-state index contributed by atoms with van der Waals surface area (Å²) in [7, 11) is 0. The maximum absolute atomic E-state index is 12.5. The third-order valence-corrected chi connectivity index (χ3v) is 6.90. The maximum Gasteiger partial charge on any atom is 0.250 e. The molecule has 2 N–H and O–H groups in total. The molecule has 1 saturated carbocycles. The summed E-state index contributed by atoms with van der Waals surface area (Å²) < 4.78 is 19.7. The molecule has 1 atom stereocenters. The van der Waals surface area contributed by atoms with Gasteiger partial charge < -0.3 is 19.4 Å². The fraction of sp³-hybridized carbons (Fsp3) is 0.304. The van der Waals surface area contributed by atoms with E-state index in [-0.39, 0.29) is 0 Å². The SMILES string of the molecule is Cc1noc(C)c1-c1cc(C(N)=O)c2c(c1)c1ccc([S+](C)[O-])cc1n2CC1CC1. The Morgan fingerprint density at radius 3 is 2.63 bits per heavy atom. The number of nitrogens with zero attached hydrogens (tertiary/aromatic N) is 2. The van der Waals surface area contributed by atoms with Crippen LogP contribution in [0.15, 0.2) is 39.8 Å². The monoisotopic (exact) mass is 421 g/mol. The van der Waals surface area contributed by atoms with Crippen LogP contribution in [0, 0.1) is 19.8 Å². The lowest BCUT2D eigenvalue weighted by Gasteiger charge is -2.11. The lowest BCUT2D eigenvalue weighted by molar-refractivity contribution is 0.100. The first kappa shape index (κ1) is 19.2. The van der Waals surface area contributed by atoms with E-state index in [4.69, 9.17) is 10.3 Å². The second-order valence-corrected chi connectivity index (χ2v) is 9.55. The van der Waals surface area contributed by atoms with E-state index in [9.17, 15) is 9.35 Å². The summed E-state index contributed by atoms with van der Waals surface area (Å²) >= 11 is -1.09. The largest absolute Gasteiger partial charge is 0.612 e. The Balaban J connectivity index is 1.89. The highest BCUT2D eigenvalue weighted by atomic mass is 32.2. The van der Waals surface area contributed by atoms with Gasteiger partial charge in [-0.25, -0.2) is 0 Å². The fourth-order valence-electron chi connectivity index (χ4n) is 4.37. The number of benzene rings is 2. The van der Waals surface area contributed by atoms with E-state index in [1.807, 2.05) is 38.1 Å². The number of carbonyl (C=O) groups is 1. The summed E-state index contributed by atoms with van der Waals surface area (Å²) in [5.74, 6) is 0.836. The van der Waals surface area contributed by atoms with Gasteiger partial charge in [0, 0.05) is 28.9 Å². The van der Waals surface area contributed by atoms with Gasteiger partial charge in [-0.1, -0.05) is 5.16 Å². The van der Waals surface area contributed by atoms with Crippen molar-refractivity contribution in [1.82, 2.24) is 9.72 Å². The average molecular weight is 422 g/mol. The van der Waals surface area contributed by atoms with Crippen molar-refractivity contribution in [3.05, 3.63) is 47.3 Å². The Kier molecular flexibility index (Phi) is 4.41. The first-order valence-corrected chi connectivity index (χ1v) is 11.6. The molecule has 2 aromatic carbocycles. The Hall–Kier alpha value is -2.77. The Labute approximate surface area is 177 Å². The molecule has 1 amide bonds. The number of hydrogen-bond acceptors (Lipinski definition) is 4. The van der Waals surface area contributed by atoms with Crippen LogP contribution in [0.5, 0.6) is 0 Å². The van der Waals surface area contributed by atoms with E-state index in [2.05, 4.69) is 15.8 Å². The first-order valence-electron chi connectivity index (χ1n) is 10.0. The number of nitrogens with two attached hydrogens (primary N) is 1. The van der Waals surface area contributed by atoms with Crippen molar-refractivity contribution < 1.29 is 13.9 Å². The summed E-state index contributed by atoms with van der Waals surface area (Å²) in [5, 5.41) is 6.05. The molecule has 1 unspecified atom stereocenters. The molecule has 0 bridgehead atoms. The van der Waals surface area contributed by atoms with E-state index >= 15 is 0 Å². The van der Waals surface area contributed by atoms with Crippen molar-refractivity contribution in [3.63, 3.8) is 0 Å². The van der Waals surface area contributed by atoms with E-state index in [0.29, 0.717) is 17.2 Å². The third kappa shape index (κ3) is 3.00. The molecule has 0 aliphatic heterocycles. The van der Waals surface area contributed by atoms with Crippen LogP contribution in [-0.2, 0) is 17.7 Å². The normalized spacial score (nSPS) is 15.2. The van der Waals surface area contributed by atoms with Crippen molar-refractivity contribution in [2.45, 2.75) is 38.1 Å². The fourth-order valence-corrected chi connectivity index (χ4v) is 4.91. The number of hydrogen-bond donors (Lipinski definition) is 1. The van der Waals surface area contributed by atoms with Gasteiger partial charge >= 0.3 is 0 Å². The van der Waals surface area contributed by atoms with Crippen LogP contribution in [0.2, 0.25) is 0 Å². The van der Waals surface area contributed by atoms with Gasteiger partial charge in [-0.15, -0.1) is 0 Å². The van der Waals surface area contributed by atoms with Gasteiger partial charge in [0.2, 0.25) is 0 Å². The molecule has 6 nitrogen and oxygen atoms in total. The summed E-state index contributed by atoms with van der Waals surface area (Å²) in [4.78, 5) is 13.3. The van der Waals surface area contributed by atoms with Crippen LogP contribution in [-0.4, -0.2) is 26.4 Å². The van der Waals surface area contributed by atoms with Crippen LogP contribution < -0.4 is 5.73 Å². The molecule has 0 radical (unpaired) electrons. The molecule has 2 aromatic heterocycles. The van der Waals surface area contributed by atoms with Gasteiger partial charge in [0.25, 0.3) is 5.91 Å². The summed E-state index contributed by atoms with van der Waals surface area (Å²) in [5.41, 5.74) is 10.7. The molecule has 30 heavy (non-hydrogen) atoms. The number of aromatic nitrogens is 2. The highest BCUT2D eigenvalue weighted by molar-refractivity contribution is 7.90. The molecule has 7 heteroatoms. The number of aryl methyl sites for hydroxylation is 2. The van der Waals surface area contributed by atoms with Gasteiger partial charge in [0.1, 0.15) is 12.0 Å². The van der Waals surface area contributed by atoms with Gasteiger partial charge in [0.05, 0.1) is 22.3 Å². The van der Waals surface area contributed by atoms with Gasteiger partial charge in [-0.05, 0) is 73.6 Å². The number of primary amides is 1. The zero-order chi connectivity index (χ0) is 21.2. The quantitative estimate of drug-likeness (QED) is 0.486. The summed E-state index contributed by atoms with van der Waals surface area (Å²) in [6, 6.07) is 9.81. The second-order valence-electron chi connectivity index (χ2n) is 8.17. The number of rotatable bonds is 5. The van der Waals surface area contributed by atoms with Crippen molar-refractivity contribution in [3.8, 4) is 11.1 Å². The Bertz CT molecular complexity index is 1300. The predicted octanol–water partition coefficient (Wildman–Crippen LogP) is 4.31. The average Bonchev–Trinajstić information content (AvgIpc) is 3.40. The molecule has 1 aliphatic rings. The van der Waals surface area contributed by atoms with Gasteiger partial charge in [0.15, 0.2) is 4.90 Å². The molecule has 4 aromatic rings. The molecule has 5 rings (SSSR count). The predicted molar refractivity (Wildman–Crippen MR) is 118 cm³/mol. The highest BCUT2D eigenvalue weighted by Crippen LogP contribution is 2.40. The molecule has 1 aliphatic carbocycles. The van der Waals surface area contributed by atoms with Crippen molar-refractivity contribution >= 4 is 38.9 Å². The minimum atomic E-state index is -1.09. The molecular formula is C23H23N3O3S. The molecule has 0 saturated heterocycles. The Morgan fingerprint density at radius 2 is 2.03 bits per heavy atom. The molecular weight excluding hydrogens is 398 g/mol. The lowest BCUT2D eigenvalue weighted by atomic mass is 9.98. The van der Waals surface area contributed by atoms with Crippen LogP contribution in [0.4, 0.5) is 0 Å². The molecule has 154 valence electrons. The lowest BCUT2D eigenvalue weighted by Crippen LogP contribution is -2.14. The number of fused-ring (bicyclic) bond motifs is 3. The topological polar surface area (TPSA) is 97.1 Å². The van der Waals surface area contributed by atoms with Gasteiger partial charge in [-0.3, -0.25) is 4.79 Å². The third-order valence-electron chi connectivity index (χ3n) is 5.99. The highest BCUT2D eigenvalue weighted by Gasteiger charge is 2.27. The zero-order valence-electron chi connectivity index (χ0n) is 17.2. The van der Waals surface area contributed by atoms with Crippen LogP contribution >= 0.6 is 0 Å². The zero-order valence-corrected chi connectivity index (χ0v) is 18.0. The number of amides is 1. The first-order chi connectivity index (χ1) is 14.3. The summed E-state index contributed by atoms with van der Waals surface area (Å²) in [6.45, 7) is 4.58. The van der Waals surface area contributed by atoms with Crippen LogP contribution in [0.3, 0.4) is 0 Å². The van der Waals surface area contributed by atoms with Crippen molar-refractivity contribution in [1.29, 1.82) is 0 Å². The van der Waals surface area contributed by atoms with E-state index in [1.54, 1.807) is 6.26 Å². The molecule has 1 fully saturated rings.